The molecule has 1 aromatic carbocycles. The Balaban J connectivity index is 2.27. The van der Waals surface area contributed by atoms with Crippen molar-refractivity contribution in [3.8, 4) is 0 Å². The number of nitrogens with zero attached hydrogens (tertiary/aromatic N) is 2. The second kappa shape index (κ2) is 4.94. The van der Waals surface area contributed by atoms with Crippen LogP contribution in [-0.4, -0.2) is 14.9 Å². The SMILES string of the molecule is CCCc1n[nH]c(=S)n1Nc1ccccc1. The lowest BCUT2D eigenvalue weighted by atomic mass is 10.3. The fourth-order valence-corrected chi connectivity index (χ4v) is 1.67. The topological polar surface area (TPSA) is 45.6 Å². The van der Waals surface area contributed by atoms with Gasteiger partial charge in [-0.15, -0.1) is 0 Å². The number of nitrogens with one attached hydrogen (secondary N) is 2. The van der Waals surface area contributed by atoms with Crippen molar-refractivity contribution in [3.63, 3.8) is 0 Å². The number of hydrogen-bond acceptors (Lipinski definition) is 3. The summed E-state index contributed by atoms with van der Waals surface area (Å²) in [6.45, 7) is 2.12. The van der Waals surface area contributed by atoms with Crippen molar-refractivity contribution in [1.29, 1.82) is 0 Å². The average Bonchev–Trinajstić information content (AvgIpc) is 2.64. The molecule has 2 N–H and O–H groups in total. The van der Waals surface area contributed by atoms with Crippen LogP contribution in [-0.2, 0) is 6.42 Å². The Labute approximate surface area is 99.3 Å². The average molecular weight is 234 g/mol. The Morgan fingerprint density at radius 2 is 2.12 bits per heavy atom. The minimum Gasteiger partial charge on any atom is -0.291 e. The van der Waals surface area contributed by atoms with E-state index in [0.717, 1.165) is 24.4 Å². The fourth-order valence-electron chi connectivity index (χ4n) is 1.48. The lowest BCUT2D eigenvalue weighted by Gasteiger charge is -2.08. The summed E-state index contributed by atoms with van der Waals surface area (Å²) in [6, 6.07) is 9.92. The summed E-state index contributed by atoms with van der Waals surface area (Å²) in [6.07, 6.45) is 1.93. The van der Waals surface area contributed by atoms with Gasteiger partial charge in [0, 0.05) is 6.42 Å². The normalized spacial score (nSPS) is 10.3. The van der Waals surface area contributed by atoms with Crippen molar-refractivity contribution in [3.05, 3.63) is 40.9 Å². The van der Waals surface area contributed by atoms with Crippen molar-refractivity contribution in [2.75, 3.05) is 5.43 Å². The fraction of sp³-hybridized carbons (Fsp3) is 0.273. The van der Waals surface area contributed by atoms with E-state index in [9.17, 15) is 0 Å². The Morgan fingerprint density at radius 3 is 2.81 bits per heavy atom. The zero-order valence-electron chi connectivity index (χ0n) is 9.10. The van der Waals surface area contributed by atoms with E-state index in [1.165, 1.54) is 0 Å². The summed E-state index contributed by atoms with van der Waals surface area (Å²) in [4.78, 5) is 0. The van der Waals surface area contributed by atoms with Crippen molar-refractivity contribution in [1.82, 2.24) is 14.9 Å². The number of aromatic amines is 1. The molecule has 0 bridgehead atoms. The van der Waals surface area contributed by atoms with Crippen LogP contribution in [0.5, 0.6) is 0 Å². The predicted molar refractivity (Wildman–Crippen MR) is 66.9 cm³/mol. The molecule has 0 atom stereocenters. The highest BCUT2D eigenvalue weighted by atomic mass is 32.1. The van der Waals surface area contributed by atoms with Crippen LogP contribution in [0, 0.1) is 4.77 Å². The molecule has 84 valence electrons. The highest BCUT2D eigenvalue weighted by Gasteiger charge is 2.04. The number of benzene rings is 1. The number of rotatable bonds is 4. The Kier molecular flexibility index (Phi) is 3.36. The maximum absolute atomic E-state index is 5.17. The number of aromatic nitrogens is 3. The Bertz CT molecular complexity index is 500. The third kappa shape index (κ3) is 2.30. The van der Waals surface area contributed by atoms with E-state index in [2.05, 4.69) is 22.5 Å². The van der Waals surface area contributed by atoms with Crippen molar-refractivity contribution < 1.29 is 0 Å². The predicted octanol–water partition coefficient (Wildman–Crippen LogP) is 2.77. The first kappa shape index (κ1) is 10.9. The molecule has 4 nitrogen and oxygen atoms in total. The number of anilines is 1. The van der Waals surface area contributed by atoms with Crippen LogP contribution in [0.25, 0.3) is 0 Å². The molecule has 0 aliphatic carbocycles. The van der Waals surface area contributed by atoms with Crippen molar-refractivity contribution in [2.24, 2.45) is 0 Å². The number of para-hydroxylation sites is 1. The molecular weight excluding hydrogens is 220 g/mol. The molecule has 0 spiro atoms. The lowest BCUT2D eigenvalue weighted by Crippen LogP contribution is -2.13. The molecule has 0 radical (unpaired) electrons. The molecule has 0 aliphatic heterocycles. The van der Waals surface area contributed by atoms with Gasteiger partial charge < -0.3 is 0 Å². The molecule has 0 amide bonds. The van der Waals surface area contributed by atoms with Gasteiger partial charge in [-0.1, -0.05) is 25.1 Å². The van der Waals surface area contributed by atoms with Gasteiger partial charge in [-0.25, -0.2) is 4.68 Å². The van der Waals surface area contributed by atoms with E-state index in [1.807, 2.05) is 35.0 Å². The van der Waals surface area contributed by atoms with Crippen LogP contribution in [0.2, 0.25) is 0 Å². The van der Waals surface area contributed by atoms with E-state index in [1.54, 1.807) is 0 Å². The monoisotopic (exact) mass is 234 g/mol. The number of aryl methyl sites for hydroxylation is 1. The quantitative estimate of drug-likeness (QED) is 0.800. The van der Waals surface area contributed by atoms with Crippen LogP contribution in [0.15, 0.2) is 30.3 Å². The number of H-pyrrole nitrogens is 1. The molecule has 0 saturated heterocycles. The largest absolute Gasteiger partial charge is 0.291 e. The van der Waals surface area contributed by atoms with Gasteiger partial charge in [-0.3, -0.25) is 10.5 Å². The van der Waals surface area contributed by atoms with Gasteiger partial charge in [0.15, 0.2) is 5.82 Å². The zero-order chi connectivity index (χ0) is 11.4. The van der Waals surface area contributed by atoms with Gasteiger partial charge >= 0.3 is 0 Å². The van der Waals surface area contributed by atoms with Crippen LogP contribution in [0.1, 0.15) is 19.2 Å². The van der Waals surface area contributed by atoms with Gasteiger partial charge in [-0.05, 0) is 30.8 Å². The maximum atomic E-state index is 5.17. The molecule has 1 heterocycles. The van der Waals surface area contributed by atoms with Gasteiger partial charge in [0.2, 0.25) is 4.77 Å². The van der Waals surface area contributed by atoms with Crippen molar-refractivity contribution >= 4 is 17.9 Å². The molecule has 1 aromatic heterocycles. The minimum absolute atomic E-state index is 0.590. The molecule has 2 rings (SSSR count). The molecular formula is C11H14N4S. The van der Waals surface area contributed by atoms with Crippen LogP contribution >= 0.6 is 12.2 Å². The third-order valence-electron chi connectivity index (χ3n) is 2.23. The minimum atomic E-state index is 0.590. The summed E-state index contributed by atoms with van der Waals surface area (Å²) in [5, 5.41) is 6.98. The first-order valence-electron chi connectivity index (χ1n) is 5.29. The van der Waals surface area contributed by atoms with Gasteiger partial charge in [-0.2, -0.15) is 5.10 Å². The van der Waals surface area contributed by atoms with Crippen molar-refractivity contribution in [2.45, 2.75) is 19.8 Å². The Hall–Kier alpha value is -1.62. The molecule has 2 aromatic rings. The van der Waals surface area contributed by atoms with Crippen LogP contribution < -0.4 is 5.43 Å². The second-order valence-electron chi connectivity index (χ2n) is 3.51. The molecule has 16 heavy (non-hydrogen) atoms. The summed E-state index contributed by atoms with van der Waals surface area (Å²) in [7, 11) is 0. The first-order valence-corrected chi connectivity index (χ1v) is 5.70. The molecule has 0 saturated carbocycles. The first-order chi connectivity index (χ1) is 7.81. The smallest absolute Gasteiger partial charge is 0.214 e. The van der Waals surface area contributed by atoms with Crippen LogP contribution in [0.3, 0.4) is 0 Å². The maximum Gasteiger partial charge on any atom is 0.214 e. The molecule has 0 aliphatic rings. The summed E-state index contributed by atoms with van der Waals surface area (Å²) >= 11 is 5.17. The van der Waals surface area contributed by atoms with E-state index in [0.29, 0.717) is 4.77 Å². The third-order valence-corrected chi connectivity index (χ3v) is 2.50. The molecule has 0 unspecified atom stereocenters. The molecule has 0 fully saturated rings. The Morgan fingerprint density at radius 1 is 1.38 bits per heavy atom. The highest BCUT2D eigenvalue weighted by Crippen LogP contribution is 2.08. The second-order valence-corrected chi connectivity index (χ2v) is 3.89. The van der Waals surface area contributed by atoms with E-state index in [-0.39, 0.29) is 0 Å². The molecule has 5 heteroatoms. The van der Waals surface area contributed by atoms with Crippen LogP contribution in [0.4, 0.5) is 5.69 Å². The summed E-state index contributed by atoms with van der Waals surface area (Å²) in [5.41, 5.74) is 4.22. The standard InChI is InChI=1S/C11H14N4S/c1-2-6-10-12-13-11(16)15(10)14-9-7-4-3-5-8-9/h3-5,7-8,14H,2,6H2,1H3,(H,13,16). The van der Waals surface area contributed by atoms with E-state index >= 15 is 0 Å². The van der Waals surface area contributed by atoms with E-state index < -0.39 is 0 Å². The lowest BCUT2D eigenvalue weighted by molar-refractivity contribution is 0.772. The summed E-state index contributed by atoms with van der Waals surface area (Å²) < 4.78 is 2.40. The highest BCUT2D eigenvalue weighted by molar-refractivity contribution is 7.71. The van der Waals surface area contributed by atoms with Gasteiger partial charge in [0.25, 0.3) is 0 Å². The summed E-state index contributed by atoms with van der Waals surface area (Å²) in [5.74, 6) is 0.927. The number of hydrogen-bond donors (Lipinski definition) is 2. The van der Waals surface area contributed by atoms with Gasteiger partial charge in [0.1, 0.15) is 0 Å². The zero-order valence-corrected chi connectivity index (χ0v) is 9.92. The van der Waals surface area contributed by atoms with Gasteiger partial charge in [0.05, 0.1) is 5.69 Å². The van der Waals surface area contributed by atoms with E-state index in [4.69, 9.17) is 12.2 Å².